The standard InChI is InChI=1S/C24H34N4O2/c1-18-9-10-19-16-20(23(29)26-22(19)15-18)17-28(14-13-27-11-5-6-12-27)24(30)25-21-7-3-2-4-8-21/h9-10,15-16,21H,2-8,11-14,17H2,1H3,(H,25,30)(H,26,29)/p+1. The second-order valence-electron chi connectivity index (χ2n) is 9.13. The summed E-state index contributed by atoms with van der Waals surface area (Å²) in [6.45, 7) is 6.37. The number of amides is 2. The average molecular weight is 412 g/mol. The third-order valence-electron chi connectivity index (χ3n) is 6.71. The molecule has 1 aliphatic carbocycles. The Bertz CT molecular complexity index is 926. The van der Waals surface area contributed by atoms with Crippen LogP contribution in [0.3, 0.4) is 0 Å². The zero-order chi connectivity index (χ0) is 20.9. The monoisotopic (exact) mass is 411 g/mol. The van der Waals surface area contributed by atoms with Gasteiger partial charge in [-0.05, 0) is 42.8 Å². The first-order chi connectivity index (χ1) is 14.6. The summed E-state index contributed by atoms with van der Waals surface area (Å²) >= 11 is 0. The number of benzene rings is 1. The van der Waals surface area contributed by atoms with E-state index in [1.54, 1.807) is 4.90 Å². The van der Waals surface area contributed by atoms with Crippen molar-refractivity contribution in [3.8, 4) is 0 Å². The number of aryl methyl sites for hydroxylation is 1. The lowest BCUT2D eigenvalue weighted by Crippen LogP contribution is -3.10. The molecule has 0 spiro atoms. The molecule has 30 heavy (non-hydrogen) atoms. The molecular weight excluding hydrogens is 376 g/mol. The number of pyridine rings is 1. The van der Waals surface area contributed by atoms with Gasteiger partial charge in [-0.3, -0.25) is 4.79 Å². The molecule has 0 bridgehead atoms. The van der Waals surface area contributed by atoms with Crippen LogP contribution in [0.25, 0.3) is 10.9 Å². The molecule has 1 saturated heterocycles. The van der Waals surface area contributed by atoms with Gasteiger partial charge in [0.25, 0.3) is 5.56 Å². The minimum Gasteiger partial charge on any atom is -0.335 e. The summed E-state index contributed by atoms with van der Waals surface area (Å²) in [6.07, 6.45) is 8.31. The highest BCUT2D eigenvalue weighted by molar-refractivity contribution is 5.80. The fourth-order valence-electron chi connectivity index (χ4n) is 4.87. The number of rotatable bonds is 6. The molecular formula is C24H35N4O2+. The van der Waals surface area contributed by atoms with Crippen molar-refractivity contribution in [1.29, 1.82) is 0 Å². The first kappa shape index (κ1) is 20.9. The average Bonchev–Trinajstić information content (AvgIpc) is 3.25. The Hall–Kier alpha value is -2.34. The maximum atomic E-state index is 13.1. The molecule has 1 aromatic carbocycles. The van der Waals surface area contributed by atoms with Crippen LogP contribution in [0, 0.1) is 6.92 Å². The summed E-state index contributed by atoms with van der Waals surface area (Å²) in [5.74, 6) is 0. The Morgan fingerprint density at radius 2 is 1.90 bits per heavy atom. The fourth-order valence-corrected chi connectivity index (χ4v) is 4.87. The third-order valence-corrected chi connectivity index (χ3v) is 6.71. The number of quaternary nitrogens is 1. The second kappa shape index (κ2) is 9.65. The predicted molar refractivity (Wildman–Crippen MR) is 120 cm³/mol. The Morgan fingerprint density at radius 1 is 1.13 bits per heavy atom. The molecule has 2 aromatic rings. The van der Waals surface area contributed by atoms with E-state index in [2.05, 4.69) is 16.4 Å². The molecule has 162 valence electrons. The largest absolute Gasteiger partial charge is 0.335 e. The zero-order valence-electron chi connectivity index (χ0n) is 18.1. The SMILES string of the molecule is Cc1ccc2cc(CN(CC[NH+]3CCCC3)C(=O)NC3CCCCC3)c(=O)[nH]c2c1. The molecule has 1 saturated carbocycles. The van der Waals surface area contributed by atoms with Gasteiger partial charge in [-0.2, -0.15) is 0 Å². The number of urea groups is 1. The normalized spacial score (nSPS) is 18.0. The molecule has 0 radical (unpaired) electrons. The second-order valence-corrected chi connectivity index (χ2v) is 9.13. The maximum absolute atomic E-state index is 13.1. The van der Waals surface area contributed by atoms with E-state index in [-0.39, 0.29) is 17.6 Å². The van der Waals surface area contributed by atoms with Crippen molar-refractivity contribution in [3.05, 3.63) is 45.7 Å². The van der Waals surface area contributed by atoms with E-state index in [1.807, 2.05) is 30.0 Å². The van der Waals surface area contributed by atoms with E-state index in [9.17, 15) is 9.59 Å². The summed E-state index contributed by atoms with van der Waals surface area (Å²) in [4.78, 5) is 32.3. The van der Waals surface area contributed by atoms with Gasteiger partial charge in [-0.15, -0.1) is 0 Å². The lowest BCUT2D eigenvalue weighted by molar-refractivity contribution is -0.886. The molecule has 2 fully saturated rings. The lowest BCUT2D eigenvalue weighted by atomic mass is 9.96. The number of H-pyrrole nitrogens is 1. The van der Waals surface area contributed by atoms with Crippen LogP contribution in [-0.2, 0) is 6.54 Å². The van der Waals surface area contributed by atoms with Gasteiger partial charge in [0.2, 0.25) is 0 Å². The van der Waals surface area contributed by atoms with Crippen LogP contribution in [0.2, 0.25) is 0 Å². The van der Waals surface area contributed by atoms with Gasteiger partial charge < -0.3 is 20.1 Å². The molecule has 3 N–H and O–H groups in total. The molecule has 1 aliphatic heterocycles. The maximum Gasteiger partial charge on any atom is 0.318 e. The highest BCUT2D eigenvalue weighted by Crippen LogP contribution is 2.18. The van der Waals surface area contributed by atoms with Gasteiger partial charge in [-0.25, -0.2) is 4.79 Å². The smallest absolute Gasteiger partial charge is 0.318 e. The molecule has 2 heterocycles. The number of hydrogen-bond donors (Lipinski definition) is 3. The number of likely N-dealkylation sites (tertiary alicyclic amines) is 1. The molecule has 6 heteroatoms. The molecule has 1 aromatic heterocycles. The van der Waals surface area contributed by atoms with Crippen molar-refractivity contribution in [1.82, 2.24) is 15.2 Å². The highest BCUT2D eigenvalue weighted by atomic mass is 16.2. The minimum atomic E-state index is -0.0999. The van der Waals surface area contributed by atoms with Gasteiger partial charge in [0.05, 0.1) is 32.7 Å². The van der Waals surface area contributed by atoms with E-state index in [1.165, 1.54) is 45.2 Å². The molecule has 0 unspecified atom stereocenters. The van der Waals surface area contributed by atoms with Gasteiger partial charge in [0.15, 0.2) is 0 Å². The van der Waals surface area contributed by atoms with Crippen molar-refractivity contribution in [3.63, 3.8) is 0 Å². The van der Waals surface area contributed by atoms with E-state index >= 15 is 0 Å². The van der Waals surface area contributed by atoms with Gasteiger partial charge >= 0.3 is 6.03 Å². The molecule has 0 atom stereocenters. The highest BCUT2D eigenvalue weighted by Gasteiger charge is 2.23. The van der Waals surface area contributed by atoms with Crippen LogP contribution in [0.1, 0.15) is 56.1 Å². The number of hydrogen-bond acceptors (Lipinski definition) is 2. The number of nitrogens with zero attached hydrogens (tertiary/aromatic N) is 1. The van der Waals surface area contributed by atoms with Crippen molar-refractivity contribution >= 4 is 16.9 Å². The fraction of sp³-hybridized carbons (Fsp3) is 0.583. The number of aromatic amines is 1. The first-order valence-electron chi connectivity index (χ1n) is 11.6. The lowest BCUT2D eigenvalue weighted by Gasteiger charge is -2.29. The van der Waals surface area contributed by atoms with E-state index in [4.69, 9.17) is 0 Å². The quantitative estimate of drug-likeness (QED) is 0.683. The Kier molecular flexibility index (Phi) is 6.72. The van der Waals surface area contributed by atoms with Gasteiger partial charge in [-0.1, -0.05) is 31.4 Å². The molecule has 4 rings (SSSR count). The van der Waals surface area contributed by atoms with Crippen molar-refractivity contribution < 1.29 is 9.69 Å². The number of carbonyl (C=O) groups is 1. The molecule has 2 aliphatic rings. The van der Waals surface area contributed by atoms with Crippen LogP contribution in [0.4, 0.5) is 4.79 Å². The number of nitrogens with one attached hydrogen (secondary N) is 3. The minimum absolute atomic E-state index is 0.0242. The summed E-state index contributed by atoms with van der Waals surface area (Å²) in [6, 6.07) is 8.26. The van der Waals surface area contributed by atoms with Crippen molar-refractivity contribution in [2.45, 2.75) is 64.5 Å². The zero-order valence-corrected chi connectivity index (χ0v) is 18.1. The van der Waals surface area contributed by atoms with E-state index < -0.39 is 0 Å². The van der Waals surface area contributed by atoms with Crippen LogP contribution >= 0.6 is 0 Å². The van der Waals surface area contributed by atoms with Gasteiger partial charge in [0.1, 0.15) is 0 Å². The first-order valence-corrected chi connectivity index (χ1v) is 11.6. The Labute approximate surface area is 178 Å². The number of fused-ring (bicyclic) bond motifs is 1. The van der Waals surface area contributed by atoms with Gasteiger partial charge in [0, 0.05) is 30.0 Å². The number of carbonyl (C=O) groups excluding carboxylic acids is 1. The summed E-state index contributed by atoms with van der Waals surface area (Å²) in [7, 11) is 0. The summed E-state index contributed by atoms with van der Waals surface area (Å²) in [5.41, 5.74) is 2.52. The summed E-state index contributed by atoms with van der Waals surface area (Å²) < 4.78 is 0. The third kappa shape index (κ3) is 5.22. The topological polar surface area (TPSA) is 69.6 Å². The van der Waals surface area contributed by atoms with Crippen LogP contribution < -0.4 is 15.8 Å². The van der Waals surface area contributed by atoms with Crippen LogP contribution in [0.15, 0.2) is 29.1 Å². The Balaban J connectivity index is 1.51. The summed E-state index contributed by atoms with van der Waals surface area (Å²) in [5, 5.41) is 4.25. The van der Waals surface area contributed by atoms with Crippen molar-refractivity contribution in [2.24, 2.45) is 0 Å². The van der Waals surface area contributed by atoms with Crippen LogP contribution in [-0.4, -0.2) is 48.1 Å². The predicted octanol–water partition coefficient (Wildman–Crippen LogP) is 2.36. The van der Waals surface area contributed by atoms with E-state index in [0.29, 0.717) is 18.7 Å². The molecule has 2 amide bonds. The van der Waals surface area contributed by atoms with E-state index in [0.717, 1.165) is 35.9 Å². The van der Waals surface area contributed by atoms with Crippen molar-refractivity contribution in [2.75, 3.05) is 26.2 Å². The Morgan fingerprint density at radius 3 is 2.67 bits per heavy atom. The number of aromatic nitrogens is 1. The molecule has 6 nitrogen and oxygen atoms in total. The van der Waals surface area contributed by atoms with Crippen LogP contribution in [0.5, 0.6) is 0 Å².